The second-order valence-electron chi connectivity index (χ2n) is 8.16. The van der Waals surface area contributed by atoms with Crippen LogP contribution in [0.25, 0.3) is 0 Å². The molecule has 0 radical (unpaired) electrons. The minimum atomic E-state index is -0.542. The third-order valence-corrected chi connectivity index (χ3v) is 6.38. The molecule has 0 bridgehead atoms. The largest absolute Gasteiger partial charge is 0.493 e. The van der Waals surface area contributed by atoms with Crippen LogP contribution in [0.5, 0.6) is 11.5 Å². The number of nitrogens with zero attached hydrogens (tertiary/aromatic N) is 3. The third-order valence-electron chi connectivity index (χ3n) is 6.38. The first-order valence-corrected chi connectivity index (χ1v) is 10.8. The molecule has 31 heavy (non-hydrogen) atoms. The minimum absolute atomic E-state index is 0.0450. The van der Waals surface area contributed by atoms with Crippen LogP contribution in [0.3, 0.4) is 0 Å². The van der Waals surface area contributed by atoms with E-state index in [0.717, 1.165) is 44.3 Å². The topological polar surface area (TPSA) is 72.0 Å². The number of carbonyl (C=O) groups is 2. The summed E-state index contributed by atoms with van der Waals surface area (Å²) in [6, 6.07) is 6.81. The number of pyridine rings is 1. The molecule has 2 amide bonds. The van der Waals surface area contributed by atoms with E-state index >= 15 is 0 Å². The van der Waals surface area contributed by atoms with Crippen molar-refractivity contribution >= 4 is 11.8 Å². The number of ether oxygens (including phenoxy) is 2. The van der Waals surface area contributed by atoms with E-state index in [-0.39, 0.29) is 11.8 Å². The average Bonchev–Trinajstić information content (AvgIpc) is 3.10. The van der Waals surface area contributed by atoms with Gasteiger partial charge in [-0.1, -0.05) is 18.9 Å². The molecule has 2 aliphatic rings. The van der Waals surface area contributed by atoms with Crippen LogP contribution in [0, 0.1) is 0 Å². The van der Waals surface area contributed by atoms with Crippen molar-refractivity contribution in [2.45, 2.75) is 37.6 Å². The number of likely N-dealkylation sites (tertiary alicyclic amines) is 1. The molecule has 0 spiro atoms. The van der Waals surface area contributed by atoms with Crippen molar-refractivity contribution < 1.29 is 19.1 Å². The van der Waals surface area contributed by atoms with Gasteiger partial charge in [-0.3, -0.25) is 14.6 Å². The Morgan fingerprint density at radius 3 is 2.35 bits per heavy atom. The van der Waals surface area contributed by atoms with Gasteiger partial charge in [0.25, 0.3) is 5.91 Å². The molecule has 0 saturated carbocycles. The van der Waals surface area contributed by atoms with Crippen molar-refractivity contribution in [1.29, 1.82) is 0 Å². The summed E-state index contributed by atoms with van der Waals surface area (Å²) in [4.78, 5) is 35.2. The Labute approximate surface area is 183 Å². The Hall–Kier alpha value is -3.09. The molecular formula is C24H29N3O4. The van der Waals surface area contributed by atoms with Gasteiger partial charge in [0, 0.05) is 38.1 Å². The number of hydrogen-bond acceptors (Lipinski definition) is 5. The van der Waals surface area contributed by atoms with Crippen LogP contribution < -0.4 is 9.47 Å². The van der Waals surface area contributed by atoms with Crippen LogP contribution in [0.4, 0.5) is 0 Å². The van der Waals surface area contributed by atoms with Crippen molar-refractivity contribution in [3.05, 3.63) is 53.3 Å². The smallest absolute Gasteiger partial charge is 0.254 e. The maximum Gasteiger partial charge on any atom is 0.254 e. The summed E-state index contributed by atoms with van der Waals surface area (Å²) < 4.78 is 10.9. The number of fused-ring (bicyclic) bond motifs is 1. The second kappa shape index (κ2) is 8.96. The predicted octanol–water partition coefficient (Wildman–Crippen LogP) is 3.41. The van der Waals surface area contributed by atoms with Crippen LogP contribution in [0.2, 0.25) is 0 Å². The molecule has 1 saturated heterocycles. The van der Waals surface area contributed by atoms with Gasteiger partial charge in [-0.15, -0.1) is 0 Å². The molecule has 0 N–H and O–H groups in total. The summed E-state index contributed by atoms with van der Waals surface area (Å²) in [5.74, 6) is 0.342. The van der Waals surface area contributed by atoms with Gasteiger partial charge < -0.3 is 19.3 Å². The molecule has 2 unspecified atom stereocenters. The van der Waals surface area contributed by atoms with Crippen LogP contribution in [0.1, 0.15) is 59.1 Å². The fourth-order valence-electron chi connectivity index (χ4n) is 4.77. The fraction of sp³-hybridized carbons (Fsp3) is 0.458. The summed E-state index contributed by atoms with van der Waals surface area (Å²) >= 11 is 0. The zero-order chi connectivity index (χ0) is 22.0. The molecule has 1 aromatic carbocycles. The van der Waals surface area contributed by atoms with Crippen molar-refractivity contribution in [3.8, 4) is 11.5 Å². The number of likely N-dealkylation sites (N-methyl/N-ethyl adjacent to an activating group) is 1. The predicted molar refractivity (Wildman–Crippen MR) is 116 cm³/mol. The standard InChI is InChI=1S/C24H29N3O4/c1-26-22(16-9-8-10-25-15-16)21(24(29)27-11-6-4-5-7-12-27)17-13-19(30-2)20(31-3)14-18(17)23(26)28/h8-10,13-15,21-22H,4-7,11-12H2,1-3H3. The Balaban J connectivity index is 1.88. The molecule has 2 atom stereocenters. The lowest BCUT2D eigenvalue weighted by molar-refractivity contribution is -0.134. The molecule has 3 heterocycles. The summed E-state index contributed by atoms with van der Waals surface area (Å²) in [7, 11) is 4.85. The van der Waals surface area contributed by atoms with Gasteiger partial charge in [0.2, 0.25) is 5.91 Å². The molecule has 1 aromatic heterocycles. The van der Waals surface area contributed by atoms with E-state index in [1.807, 2.05) is 17.0 Å². The monoisotopic (exact) mass is 423 g/mol. The van der Waals surface area contributed by atoms with E-state index < -0.39 is 12.0 Å². The Bertz CT molecular complexity index is 955. The van der Waals surface area contributed by atoms with Crippen LogP contribution >= 0.6 is 0 Å². The van der Waals surface area contributed by atoms with Crippen molar-refractivity contribution in [2.75, 3.05) is 34.4 Å². The minimum Gasteiger partial charge on any atom is -0.493 e. The zero-order valence-electron chi connectivity index (χ0n) is 18.3. The van der Waals surface area contributed by atoms with Crippen LogP contribution in [-0.4, -0.2) is 61.0 Å². The van der Waals surface area contributed by atoms with Crippen molar-refractivity contribution in [1.82, 2.24) is 14.8 Å². The Morgan fingerprint density at radius 2 is 1.74 bits per heavy atom. The SMILES string of the molecule is COc1cc2c(cc1OC)C(C(=O)N1CCCCCC1)C(c1cccnc1)N(C)C2=O. The number of methoxy groups -OCH3 is 2. The number of rotatable bonds is 4. The number of carbonyl (C=O) groups excluding carboxylic acids is 2. The van der Waals surface area contributed by atoms with Gasteiger partial charge in [-0.2, -0.15) is 0 Å². The molecule has 2 aliphatic heterocycles. The summed E-state index contributed by atoms with van der Waals surface area (Å²) in [6.07, 6.45) is 7.72. The first-order chi connectivity index (χ1) is 15.1. The fourth-order valence-corrected chi connectivity index (χ4v) is 4.77. The molecule has 1 fully saturated rings. The molecular weight excluding hydrogens is 394 g/mol. The number of amides is 2. The highest BCUT2D eigenvalue weighted by atomic mass is 16.5. The van der Waals surface area contributed by atoms with Crippen molar-refractivity contribution in [3.63, 3.8) is 0 Å². The third kappa shape index (κ3) is 3.84. The number of benzene rings is 1. The van der Waals surface area contributed by atoms with E-state index in [1.54, 1.807) is 50.7 Å². The number of hydrogen-bond donors (Lipinski definition) is 0. The molecule has 164 valence electrons. The zero-order valence-corrected chi connectivity index (χ0v) is 18.3. The maximum atomic E-state index is 14.0. The first-order valence-electron chi connectivity index (χ1n) is 10.8. The van der Waals surface area contributed by atoms with Gasteiger partial charge in [0.15, 0.2) is 11.5 Å². The van der Waals surface area contributed by atoms with E-state index in [0.29, 0.717) is 22.6 Å². The quantitative estimate of drug-likeness (QED) is 0.754. The van der Waals surface area contributed by atoms with Gasteiger partial charge in [-0.25, -0.2) is 0 Å². The summed E-state index contributed by atoms with van der Waals surface area (Å²) in [5, 5.41) is 0. The van der Waals surface area contributed by atoms with Crippen molar-refractivity contribution in [2.24, 2.45) is 0 Å². The molecule has 0 aliphatic carbocycles. The lowest BCUT2D eigenvalue weighted by Crippen LogP contribution is -2.47. The van der Waals surface area contributed by atoms with Gasteiger partial charge in [0.1, 0.15) is 0 Å². The maximum absolute atomic E-state index is 14.0. The van der Waals surface area contributed by atoms with E-state index in [2.05, 4.69) is 4.98 Å². The highest BCUT2D eigenvalue weighted by Gasteiger charge is 2.45. The van der Waals surface area contributed by atoms with E-state index in [4.69, 9.17) is 9.47 Å². The summed E-state index contributed by atoms with van der Waals surface area (Å²) in [5.41, 5.74) is 2.00. The highest BCUT2D eigenvalue weighted by Crippen LogP contribution is 2.46. The van der Waals surface area contributed by atoms with Gasteiger partial charge >= 0.3 is 0 Å². The number of aromatic nitrogens is 1. The molecule has 4 rings (SSSR count). The Kier molecular flexibility index (Phi) is 6.11. The van der Waals surface area contributed by atoms with Gasteiger partial charge in [-0.05, 0) is 42.2 Å². The average molecular weight is 424 g/mol. The summed E-state index contributed by atoms with van der Waals surface area (Å²) in [6.45, 7) is 1.49. The molecule has 2 aromatic rings. The molecule has 7 nitrogen and oxygen atoms in total. The lowest BCUT2D eigenvalue weighted by atomic mass is 9.79. The van der Waals surface area contributed by atoms with E-state index in [1.165, 1.54) is 0 Å². The normalized spacial score (nSPS) is 21.3. The second-order valence-corrected chi connectivity index (χ2v) is 8.16. The van der Waals surface area contributed by atoms with Crippen LogP contribution in [0.15, 0.2) is 36.7 Å². The van der Waals surface area contributed by atoms with Crippen LogP contribution in [-0.2, 0) is 4.79 Å². The lowest BCUT2D eigenvalue weighted by Gasteiger charge is -2.41. The van der Waals surface area contributed by atoms with Gasteiger partial charge in [0.05, 0.1) is 26.2 Å². The highest BCUT2D eigenvalue weighted by molar-refractivity contribution is 6.02. The first kappa shape index (κ1) is 21.2. The van der Waals surface area contributed by atoms with E-state index in [9.17, 15) is 9.59 Å². The Morgan fingerprint density at radius 1 is 1.06 bits per heavy atom. The molecule has 7 heteroatoms.